The van der Waals surface area contributed by atoms with E-state index < -0.39 is 13.8 Å². The number of benzene rings is 1. The van der Waals surface area contributed by atoms with Crippen LogP contribution in [-0.4, -0.2) is 50.1 Å². The Balaban J connectivity index is 0.00000199. The average molecular weight is 491 g/mol. The second kappa shape index (κ2) is 13.2. The molecule has 0 aliphatic carbocycles. The Morgan fingerprint density at radius 2 is 1.88 bits per heavy atom. The highest BCUT2D eigenvalue weighted by Crippen LogP contribution is 2.37. The maximum absolute atomic E-state index is 12.5. The summed E-state index contributed by atoms with van der Waals surface area (Å²) < 4.78 is 19.2. The molecule has 0 saturated heterocycles. The van der Waals surface area contributed by atoms with Crippen molar-refractivity contribution >= 4 is 31.3 Å². The quantitative estimate of drug-likeness (QED) is 0.232. The van der Waals surface area contributed by atoms with Crippen molar-refractivity contribution in [2.75, 3.05) is 18.7 Å². The SMILES string of the molecule is CC.CC(C)OC(=O)C(C)(C)NP(COCCn1cnc2c(N)ncnc21)Oc1ccccc1. The van der Waals surface area contributed by atoms with E-state index in [4.69, 9.17) is 19.7 Å². The zero-order valence-corrected chi connectivity index (χ0v) is 21.6. The first-order valence-corrected chi connectivity index (χ1v) is 12.7. The normalized spacial score (nSPS) is 12.2. The number of hydrogen-bond donors (Lipinski definition) is 2. The molecule has 34 heavy (non-hydrogen) atoms. The zero-order valence-electron chi connectivity index (χ0n) is 20.7. The van der Waals surface area contributed by atoms with Gasteiger partial charge >= 0.3 is 5.97 Å². The van der Waals surface area contributed by atoms with Gasteiger partial charge < -0.3 is 24.3 Å². The number of nitrogen functional groups attached to an aromatic ring is 1. The Kier molecular flexibility index (Phi) is 10.6. The molecule has 3 aromatic rings. The van der Waals surface area contributed by atoms with Crippen LogP contribution in [0.5, 0.6) is 5.75 Å². The number of carbonyl (C=O) groups is 1. The molecule has 0 aliphatic rings. The van der Waals surface area contributed by atoms with E-state index in [1.165, 1.54) is 6.33 Å². The lowest BCUT2D eigenvalue weighted by molar-refractivity contribution is -0.153. The first-order valence-electron chi connectivity index (χ1n) is 11.2. The number of nitrogens with zero attached hydrogens (tertiary/aromatic N) is 4. The maximum atomic E-state index is 12.5. The van der Waals surface area contributed by atoms with Gasteiger partial charge in [0.1, 0.15) is 29.5 Å². The third-order valence-corrected chi connectivity index (χ3v) is 5.99. The first-order chi connectivity index (χ1) is 16.3. The minimum atomic E-state index is -1.33. The number of imidazole rings is 1. The first kappa shape index (κ1) is 27.4. The van der Waals surface area contributed by atoms with Crippen molar-refractivity contribution in [3.05, 3.63) is 43.0 Å². The lowest BCUT2D eigenvalue weighted by Crippen LogP contribution is -2.46. The van der Waals surface area contributed by atoms with Crippen molar-refractivity contribution in [3.63, 3.8) is 0 Å². The van der Waals surface area contributed by atoms with Gasteiger partial charge in [0.05, 0.1) is 19.0 Å². The molecule has 3 rings (SSSR count). The number of para-hydroxylation sites is 1. The molecule has 1 atom stereocenters. The van der Waals surface area contributed by atoms with Crippen LogP contribution in [0.1, 0.15) is 41.5 Å². The number of esters is 1. The highest BCUT2D eigenvalue weighted by atomic mass is 31.2. The van der Waals surface area contributed by atoms with E-state index >= 15 is 0 Å². The summed E-state index contributed by atoms with van der Waals surface area (Å²) in [7, 11) is -1.33. The number of anilines is 1. The summed E-state index contributed by atoms with van der Waals surface area (Å²) >= 11 is 0. The predicted molar refractivity (Wildman–Crippen MR) is 134 cm³/mol. The van der Waals surface area contributed by atoms with Crippen LogP contribution in [0.25, 0.3) is 11.2 Å². The monoisotopic (exact) mass is 490 g/mol. The molecular formula is C23H35N6O4P. The van der Waals surface area contributed by atoms with Crippen molar-refractivity contribution < 1.29 is 18.8 Å². The summed E-state index contributed by atoms with van der Waals surface area (Å²) in [6, 6.07) is 9.41. The van der Waals surface area contributed by atoms with E-state index in [9.17, 15) is 4.79 Å². The number of ether oxygens (including phenoxy) is 2. The maximum Gasteiger partial charge on any atom is 0.326 e. The fraction of sp³-hybridized carbons (Fsp3) is 0.478. The predicted octanol–water partition coefficient (Wildman–Crippen LogP) is 4.12. The van der Waals surface area contributed by atoms with Crippen molar-refractivity contribution in [3.8, 4) is 5.75 Å². The fourth-order valence-electron chi connectivity index (χ4n) is 2.78. The average Bonchev–Trinajstić information content (AvgIpc) is 3.22. The molecule has 11 heteroatoms. The molecule has 0 aliphatic heterocycles. The van der Waals surface area contributed by atoms with E-state index in [0.717, 1.165) is 0 Å². The lowest BCUT2D eigenvalue weighted by Gasteiger charge is -2.30. The van der Waals surface area contributed by atoms with Gasteiger partial charge in [0.15, 0.2) is 19.8 Å². The van der Waals surface area contributed by atoms with Crippen LogP contribution in [0.4, 0.5) is 5.82 Å². The smallest absolute Gasteiger partial charge is 0.326 e. The molecule has 0 spiro atoms. The van der Waals surface area contributed by atoms with Gasteiger partial charge in [0, 0.05) is 6.54 Å². The second-order valence-electron chi connectivity index (χ2n) is 7.88. The fourth-order valence-corrected chi connectivity index (χ4v) is 4.33. The number of aromatic nitrogens is 4. The molecule has 10 nitrogen and oxygen atoms in total. The van der Waals surface area contributed by atoms with Gasteiger partial charge in [-0.25, -0.2) is 20.0 Å². The van der Waals surface area contributed by atoms with Gasteiger partial charge in [0.2, 0.25) is 0 Å². The van der Waals surface area contributed by atoms with Gasteiger partial charge in [-0.2, -0.15) is 0 Å². The number of nitrogens with one attached hydrogen (secondary N) is 1. The molecule has 0 amide bonds. The van der Waals surface area contributed by atoms with Crippen LogP contribution >= 0.6 is 8.30 Å². The Morgan fingerprint density at radius 1 is 1.18 bits per heavy atom. The lowest BCUT2D eigenvalue weighted by atomic mass is 10.1. The van der Waals surface area contributed by atoms with E-state index in [0.29, 0.717) is 35.9 Å². The highest BCUT2D eigenvalue weighted by molar-refractivity contribution is 7.50. The minimum Gasteiger partial charge on any atom is -0.462 e. The van der Waals surface area contributed by atoms with E-state index in [-0.39, 0.29) is 18.4 Å². The third kappa shape index (κ3) is 7.90. The third-order valence-electron chi connectivity index (χ3n) is 4.33. The number of nitrogens with two attached hydrogens (primary N) is 1. The minimum absolute atomic E-state index is 0.205. The van der Waals surface area contributed by atoms with Crippen LogP contribution in [0.15, 0.2) is 43.0 Å². The Hall–Kier alpha value is -2.81. The molecule has 2 aromatic heterocycles. The van der Waals surface area contributed by atoms with E-state index in [2.05, 4.69) is 20.0 Å². The van der Waals surface area contributed by atoms with Crippen LogP contribution in [-0.2, 0) is 20.8 Å². The number of carbonyl (C=O) groups excluding carboxylic acids is 1. The van der Waals surface area contributed by atoms with Crippen molar-refractivity contribution in [1.82, 2.24) is 24.6 Å². The highest BCUT2D eigenvalue weighted by Gasteiger charge is 2.34. The molecule has 3 N–H and O–H groups in total. The van der Waals surface area contributed by atoms with Gasteiger partial charge in [-0.05, 0) is 39.8 Å². The Bertz CT molecular complexity index is 1030. The molecule has 0 radical (unpaired) electrons. The topological polar surface area (TPSA) is 126 Å². The summed E-state index contributed by atoms with van der Waals surface area (Å²) in [6.07, 6.45) is 3.13. The summed E-state index contributed by atoms with van der Waals surface area (Å²) in [5.74, 6) is 0.684. The number of hydrogen-bond acceptors (Lipinski definition) is 9. The summed E-state index contributed by atoms with van der Waals surface area (Å²) in [6.45, 7) is 12.1. The van der Waals surface area contributed by atoms with E-state index in [1.54, 1.807) is 20.2 Å². The molecule has 0 saturated carbocycles. The molecule has 0 bridgehead atoms. The Morgan fingerprint density at radius 3 is 2.56 bits per heavy atom. The molecule has 1 unspecified atom stereocenters. The Labute approximate surface area is 202 Å². The van der Waals surface area contributed by atoms with Crippen LogP contribution in [0, 0.1) is 0 Å². The summed E-state index contributed by atoms with van der Waals surface area (Å²) in [4.78, 5) is 24.9. The molecule has 1 aromatic carbocycles. The summed E-state index contributed by atoms with van der Waals surface area (Å²) in [5.41, 5.74) is 6.11. The zero-order chi connectivity index (χ0) is 25.1. The summed E-state index contributed by atoms with van der Waals surface area (Å²) in [5, 5.41) is 3.26. The number of fused-ring (bicyclic) bond motifs is 1. The van der Waals surface area contributed by atoms with E-state index in [1.807, 2.05) is 62.6 Å². The van der Waals surface area contributed by atoms with Gasteiger partial charge in [-0.3, -0.25) is 4.79 Å². The van der Waals surface area contributed by atoms with Crippen LogP contribution in [0.3, 0.4) is 0 Å². The van der Waals surface area contributed by atoms with Gasteiger partial charge in [-0.15, -0.1) is 0 Å². The molecule has 0 fully saturated rings. The van der Waals surface area contributed by atoms with Crippen molar-refractivity contribution in [2.24, 2.45) is 0 Å². The number of rotatable bonds is 11. The van der Waals surface area contributed by atoms with Gasteiger partial charge in [-0.1, -0.05) is 32.0 Å². The van der Waals surface area contributed by atoms with Crippen LogP contribution in [0.2, 0.25) is 0 Å². The second-order valence-corrected chi connectivity index (χ2v) is 9.30. The van der Waals surface area contributed by atoms with Crippen LogP contribution < -0.4 is 15.3 Å². The standard InChI is InChI=1S/C21H29N6O4P.C2H6/c1-15(2)30-20(28)21(3,4)26-32(31-16-8-6-5-7-9-16)14-29-11-10-27-13-25-17-18(22)23-12-24-19(17)27;1-2/h5-9,12-13,15,26H,10-11,14H2,1-4H3,(H2,22,23,24);1-2H3. The van der Waals surface area contributed by atoms with Crippen molar-refractivity contribution in [2.45, 2.75) is 59.7 Å². The molecule has 186 valence electrons. The largest absolute Gasteiger partial charge is 0.462 e. The van der Waals surface area contributed by atoms with Crippen molar-refractivity contribution in [1.29, 1.82) is 0 Å². The molecule has 2 heterocycles. The molecular weight excluding hydrogens is 455 g/mol. The van der Waals surface area contributed by atoms with Gasteiger partial charge in [0.25, 0.3) is 0 Å².